The highest BCUT2D eigenvalue weighted by Gasteiger charge is 2.32. The number of nitrogens with one attached hydrogen (secondary N) is 1. The molecule has 0 amide bonds. The third-order valence-corrected chi connectivity index (χ3v) is 5.08. The Morgan fingerprint density at radius 1 is 1.22 bits per heavy atom. The average molecular weight is 254 g/mol. The molecule has 2 aliphatic rings. The summed E-state index contributed by atoms with van der Waals surface area (Å²) in [6, 6.07) is 0.778. The molecule has 3 heteroatoms. The van der Waals surface area contributed by atoms with Crippen LogP contribution < -0.4 is 5.32 Å². The average Bonchev–Trinajstić information content (AvgIpc) is 2.86. The Morgan fingerprint density at radius 3 is 2.67 bits per heavy atom. The van der Waals surface area contributed by atoms with E-state index in [0.717, 1.165) is 19.1 Å². The Balaban J connectivity index is 1.63. The summed E-state index contributed by atoms with van der Waals surface area (Å²) in [5.41, 5.74) is 0.207. The molecular weight excluding hydrogens is 224 g/mol. The van der Waals surface area contributed by atoms with E-state index in [-0.39, 0.29) is 5.41 Å². The number of likely N-dealkylation sites (tertiary alicyclic amines) is 1. The molecule has 1 aliphatic carbocycles. The Labute approximate surface area is 112 Å². The molecule has 1 heterocycles. The first-order valence-corrected chi connectivity index (χ1v) is 7.78. The molecular formula is C15H30N2O. The monoisotopic (exact) mass is 254 g/mol. The molecule has 0 radical (unpaired) electrons. The van der Waals surface area contributed by atoms with Crippen molar-refractivity contribution in [1.29, 1.82) is 0 Å². The molecule has 0 aromatic carbocycles. The van der Waals surface area contributed by atoms with Gasteiger partial charge in [0.1, 0.15) is 0 Å². The van der Waals surface area contributed by atoms with Crippen LogP contribution in [-0.4, -0.2) is 49.3 Å². The fourth-order valence-corrected chi connectivity index (χ4v) is 3.65. The van der Waals surface area contributed by atoms with E-state index in [4.69, 9.17) is 0 Å². The number of aliphatic hydroxyl groups excluding tert-OH is 1. The van der Waals surface area contributed by atoms with Crippen LogP contribution in [0.4, 0.5) is 0 Å². The minimum Gasteiger partial charge on any atom is -0.396 e. The van der Waals surface area contributed by atoms with Gasteiger partial charge in [0, 0.05) is 24.6 Å². The Hall–Kier alpha value is -0.120. The third kappa shape index (κ3) is 3.69. The van der Waals surface area contributed by atoms with Crippen molar-refractivity contribution in [1.82, 2.24) is 10.2 Å². The van der Waals surface area contributed by atoms with Crippen LogP contribution in [0.2, 0.25) is 0 Å². The zero-order valence-electron chi connectivity index (χ0n) is 12.0. The van der Waals surface area contributed by atoms with Gasteiger partial charge in [-0.05, 0) is 52.2 Å². The fourth-order valence-electron chi connectivity index (χ4n) is 3.65. The van der Waals surface area contributed by atoms with E-state index >= 15 is 0 Å². The maximum absolute atomic E-state index is 9.56. The summed E-state index contributed by atoms with van der Waals surface area (Å²) in [6.07, 6.45) is 10.4. The van der Waals surface area contributed by atoms with Gasteiger partial charge in [0.05, 0.1) is 0 Å². The van der Waals surface area contributed by atoms with Crippen molar-refractivity contribution in [3.63, 3.8) is 0 Å². The SMILES string of the molecule is CN1CCCCC1CCNCC1(CO)CCCC1. The fraction of sp³-hybridized carbons (Fsp3) is 1.00. The molecule has 1 unspecified atom stereocenters. The first-order chi connectivity index (χ1) is 8.76. The smallest absolute Gasteiger partial charge is 0.0499 e. The second-order valence-electron chi connectivity index (χ2n) is 6.46. The number of hydrogen-bond acceptors (Lipinski definition) is 3. The maximum Gasteiger partial charge on any atom is 0.0499 e. The van der Waals surface area contributed by atoms with Crippen LogP contribution in [0.1, 0.15) is 51.4 Å². The molecule has 1 saturated carbocycles. The van der Waals surface area contributed by atoms with Crippen LogP contribution in [-0.2, 0) is 0 Å². The van der Waals surface area contributed by atoms with Crippen LogP contribution in [0.25, 0.3) is 0 Å². The van der Waals surface area contributed by atoms with Gasteiger partial charge in [0.15, 0.2) is 0 Å². The highest BCUT2D eigenvalue weighted by molar-refractivity contribution is 4.86. The van der Waals surface area contributed by atoms with Crippen molar-refractivity contribution >= 4 is 0 Å². The van der Waals surface area contributed by atoms with E-state index in [9.17, 15) is 5.11 Å². The van der Waals surface area contributed by atoms with Crippen molar-refractivity contribution in [3.8, 4) is 0 Å². The van der Waals surface area contributed by atoms with Crippen LogP contribution in [0, 0.1) is 5.41 Å². The summed E-state index contributed by atoms with van der Waals surface area (Å²) >= 11 is 0. The topological polar surface area (TPSA) is 35.5 Å². The quantitative estimate of drug-likeness (QED) is 0.712. The van der Waals surface area contributed by atoms with Crippen LogP contribution in [0.3, 0.4) is 0 Å². The Morgan fingerprint density at radius 2 is 2.00 bits per heavy atom. The van der Waals surface area contributed by atoms with Crippen LogP contribution in [0.5, 0.6) is 0 Å². The highest BCUT2D eigenvalue weighted by Crippen LogP contribution is 2.36. The molecule has 2 N–H and O–H groups in total. The molecule has 3 nitrogen and oxygen atoms in total. The van der Waals surface area contributed by atoms with Crippen molar-refractivity contribution in [2.24, 2.45) is 5.41 Å². The Kier molecular flexibility index (Phi) is 5.46. The number of nitrogens with zero attached hydrogens (tertiary/aromatic N) is 1. The van der Waals surface area contributed by atoms with Crippen molar-refractivity contribution in [3.05, 3.63) is 0 Å². The maximum atomic E-state index is 9.56. The molecule has 0 bridgehead atoms. The molecule has 0 aromatic rings. The van der Waals surface area contributed by atoms with Gasteiger partial charge in [-0.15, -0.1) is 0 Å². The molecule has 0 aromatic heterocycles. The van der Waals surface area contributed by atoms with E-state index in [0.29, 0.717) is 6.61 Å². The second-order valence-corrected chi connectivity index (χ2v) is 6.46. The van der Waals surface area contributed by atoms with E-state index in [1.54, 1.807) is 0 Å². The first kappa shape index (κ1) is 14.3. The van der Waals surface area contributed by atoms with Gasteiger partial charge in [0.2, 0.25) is 0 Å². The zero-order valence-corrected chi connectivity index (χ0v) is 12.0. The lowest BCUT2D eigenvalue weighted by molar-refractivity contribution is 0.125. The molecule has 106 valence electrons. The molecule has 18 heavy (non-hydrogen) atoms. The zero-order chi connectivity index (χ0) is 12.8. The van der Waals surface area contributed by atoms with Crippen LogP contribution >= 0.6 is 0 Å². The van der Waals surface area contributed by atoms with Gasteiger partial charge in [-0.1, -0.05) is 19.3 Å². The van der Waals surface area contributed by atoms with E-state index in [1.807, 2.05) is 0 Å². The van der Waals surface area contributed by atoms with Gasteiger partial charge in [-0.2, -0.15) is 0 Å². The summed E-state index contributed by atoms with van der Waals surface area (Å²) in [4.78, 5) is 2.52. The van der Waals surface area contributed by atoms with Crippen molar-refractivity contribution in [2.75, 3.05) is 33.3 Å². The molecule has 0 spiro atoms. The number of aliphatic hydroxyl groups is 1. The molecule has 1 atom stereocenters. The minimum atomic E-state index is 0.207. The number of hydrogen-bond donors (Lipinski definition) is 2. The summed E-state index contributed by atoms with van der Waals surface area (Å²) in [7, 11) is 2.26. The lowest BCUT2D eigenvalue weighted by atomic mass is 9.87. The summed E-state index contributed by atoms with van der Waals surface area (Å²) in [5.74, 6) is 0. The predicted molar refractivity (Wildman–Crippen MR) is 75.7 cm³/mol. The largest absolute Gasteiger partial charge is 0.396 e. The number of rotatable bonds is 6. The molecule has 2 rings (SSSR count). The van der Waals surface area contributed by atoms with Gasteiger partial charge in [0.25, 0.3) is 0 Å². The van der Waals surface area contributed by atoms with Crippen molar-refractivity contribution in [2.45, 2.75) is 57.4 Å². The van der Waals surface area contributed by atoms with Gasteiger partial charge < -0.3 is 15.3 Å². The van der Waals surface area contributed by atoms with Crippen LogP contribution in [0.15, 0.2) is 0 Å². The lowest BCUT2D eigenvalue weighted by Crippen LogP contribution is -2.40. The normalized spacial score (nSPS) is 28.7. The van der Waals surface area contributed by atoms with Gasteiger partial charge >= 0.3 is 0 Å². The van der Waals surface area contributed by atoms with E-state index in [1.165, 1.54) is 57.9 Å². The first-order valence-electron chi connectivity index (χ1n) is 7.78. The summed E-state index contributed by atoms with van der Waals surface area (Å²) in [5, 5.41) is 13.2. The molecule has 1 aliphatic heterocycles. The second kappa shape index (κ2) is 6.88. The third-order valence-electron chi connectivity index (χ3n) is 5.08. The molecule has 1 saturated heterocycles. The van der Waals surface area contributed by atoms with Gasteiger partial charge in [-0.3, -0.25) is 0 Å². The molecule has 2 fully saturated rings. The standard InChI is InChI=1S/C15H30N2O/c1-17-11-5-2-6-14(17)7-10-16-12-15(13-18)8-3-4-9-15/h14,16,18H,2-13H2,1H3. The highest BCUT2D eigenvalue weighted by atomic mass is 16.3. The summed E-state index contributed by atoms with van der Waals surface area (Å²) < 4.78 is 0. The van der Waals surface area contributed by atoms with Crippen molar-refractivity contribution < 1.29 is 5.11 Å². The number of piperidine rings is 1. The Bertz CT molecular complexity index is 239. The minimum absolute atomic E-state index is 0.207. The van der Waals surface area contributed by atoms with E-state index < -0.39 is 0 Å². The van der Waals surface area contributed by atoms with Gasteiger partial charge in [-0.25, -0.2) is 0 Å². The summed E-state index contributed by atoms with van der Waals surface area (Å²) in [6.45, 7) is 3.76. The predicted octanol–water partition coefficient (Wildman–Crippen LogP) is 2.00. The lowest BCUT2D eigenvalue weighted by Gasteiger charge is -2.33. The van der Waals surface area contributed by atoms with E-state index in [2.05, 4.69) is 17.3 Å².